The zero-order valence-corrected chi connectivity index (χ0v) is 28.5. The second kappa shape index (κ2) is 14.3. The molecule has 11 nitrogen and oxygen atoms in total. The highest BCUT2D eigenvalue weighted by Gasteiger charge is 2.34. The van der Waals surface area contributed by atoms with Crippen molar-refractivity contribution in [3.8, 4) is 17.6 Å². The maximum absolute atomic E-state index is 13.7. The molecule has 15 heteroatoms. The van der Waals surface area contributed by atoms with Gasteiger partial charge < -0.3 is 29.6 Å². The fraction of sp³-hybridized carbons (Fsp3) is 0.485. The molecule has 0 saturated carbocycles. The highest BCUT2D eigenvalue weighted by molar-refractivity contribution is 7.90. The number of rotatable bonds is 8. The number of piperidine rings is 1. The van der Waals surface area contributed by atoms with Crippen molar-refractivity contribution in [3.05, 3.63) is 47.8 Å². The lowest BCUT2D eigenvalue weighted by atomic mass is 9.89. The number of nitrogens with one attached hydrogen (secondary N) is 2. The summed E-state index contributed by atoms with van der Waals surface area (Å²) in [6.45, 7) is 6.85. The molecule has 1 aliphatic heterocycles. The smallest absolute Gasteiger partial charge is 0.410 e. The number of sulfone groups is 1. The number of benzene rings is 2. The number of hydrogen-bond donors (Lipinski definition) is 2. The van der Waals surface area contributed by atoms with Gasteiger partial charge in [-0.1, -0.05) is 18.8 Å². The van der Waals surface area contributed by atoms with Gasteiger partial charge >= 0.3 is 12.3 Å². The number of anilines is 1. The minimum absolute atomic E-state index is 0.0738. The zero-order valence-electron chi connectivity index (χ0n) is 27.7. The van der Waals surface area contributed by atoms with Crippen LogP contribution in [0.1, 0.15) is 56.5 Å². The maximum Gasteiger partial charge on any atom is 0.410 e. The van der Waals surface area contributed by atoms with Crippen LogP contribution >= 0.6 is 0 Å². The van der Waals surface area contributed by atoms with E-state index in [0.717, 1.165) is 17.2 Å². The van der Waals surface area contributed by atoms with Crippen LogP contribution in [0.3, 0.4) is 0 Å². The lowest BCUT2D eigenvalue weighted by Gasteiger charge is -2.39. The van der Waals surface area contributed by atoms with Gasteiger partial charge in [-0.2, -0.15) is 13.2 Å². The van der Waals surface area contributed by atoms with Crippen LogP contribution in [0.25, 0.3) is 11.0 Å². The number of ether oxygens (including phenoxy) is 2. The highest BCUT2D eigenvalue weighted by Crippen LogP contribution is 2.29. The van der Waals surface area contributed by atoms with Gasteiger partial charge in [-0.05, 0) is 63.8 Å². The summed E-state index contributed by atoms with van der Waals surface area (Å²) in [7, 11) is -2.05. The van der Waals surface area contributed by atoms with E-state index in [0.29, 0.717) is 42.9 Å². The maximum atomic E-state index is 13.7. The summed E-state index contributed by atoms with van der Waals surface area (Å²) in [5, 5.41) is 6.07. The lowest BCUT2D eigenvalue weighted by molar-refractivity contribution is -0.140. The Bertz CT molecular complexity index is 1840. The average molecular weight is 692 g/mol. The first-order valence-corrected chi connectivity index (χ1v) is 17.2. The Morgan fingerprint density at radius 2 is 1.88 bits per heavy atom. The van der Waals surface area contributed by atoms with Gasteiger partial charge in [0.05, 0.1) is 41.6 Å². The largest absolute Gasteiger partial charge is 0.495 e. The third-order valence-electron chi connectivity index (χ3n) is 7.75. The number of fused-ring (bicyclic) bond motifs is 1. The molecule has 2 aromatic carbocycles. The molecule has 1 aliphatic rings. The van der Waals surface area contributed by atoms with Crippen molar-refractivity contribution >= 4 is 38.6 Å². The molecule has 0 radical (unpaired) electrons. The number of carbonyl (C=O) groups excluding carboxylic acids is 2. The fourth-order valence-corrected chi connectivity index (χ4v) is 6.07. The van der Waals surface area contributed by atoms with Gasteiger partial charge in [-0.3, -0.25) is 4.79 Å². The average Bonchev–Trinajstić information content (AvgIpc) is 3.38. The van der Waals surface area contributed by atoms with E-state index in [1.807, 2.05) is 6.92 Å². The molecular formula is C33H40F3N5O6S. The van der Waals surface area contributed by atoms with Gasteiger partial charge in [0.25, 0.3) is 5.91 Å². The Hall–Kier alpha value is -4.45. The van der Waals surface area contributed by atoms with Crippen LogP contribution in [0.2, 0.25) is 0 Å². The number of likely N-dealkylation sites (tertiary alicyclic amines) is 1. The predicted octanol–water partition coefficient (Wildman–Crippen LogP) is 5.24. The van der Waals surface area contributed by atoms with Crippen LogP contribution in [0.4, 0.5) is 23.7 Å². The first-order chi connectivity index (χ1) is 22.4. The van der Waals surface area contributed by atoms with E-state index in [9.17, 15) is 31.2 Å². The van der Waals surface area contributed by atoms with E-state index in [-0.39, 0.29) is 40.0 Å². The molecule has 48 heavy (non-hydrogen) atoms. The number of hydrogen-bond acceptors (Lipinski definition) is 8. The highest BCUT2D eigenvalue weighted by atomic mass is 32.2. The van der Waals surface area contributed by atoms with Crippen molar-refractivity contribution in [3.63, 3.8) is 0 Å². The van der Waals surface area contributed by atoms with Gasteiger partial charge in [0.1, 0.15) is 23.4 Å². The second-order valence-corrected chi connectivity index (χ2v) is 14.6. The van der Waals surface area contributed by atoms with E-state index in [1.54, 1.807) is 31.7 Å². The summed E-state index contributed by atoms with van der Waals surface area (Å²) >= 11 is 0. The van der Waals surface area contributed by atoms with Crippen LogP contribution in [0.15, 0.2) is 41.6 Å². The van der Waals surface area contributed by atoms with E-state index in [2.05, 4.69) is 27.5 Å². The van der Waals surface area contributed by atoms with E-state index in [1.165, 1.54) is 31.4 Å². The van der Waals surface area contributed by atoms with Gasteiger partial charge in [0, 0.05) is 37.0 Å². The number of halogens is 3. The first-order valence-electron chi connectivity index (χ1n) is 15.3. The van der Waals surface area contributed by atoms with Crippen LogP contribution in [-0.2, 0) is 21.1 Å². The van der Waals surface area contributed by atoms with E-state index >= 15 is 0 Å². The van der Waals surface area contributed by atoms with Crippen LogP contribution in [0.5, 0.6) is 5.75 Å². The summed E-state index contributed by atoms with van der Waals surface area (Å²) in [6.07, 6.45) is -1.68. The van der Waals surface area contributed by atoms with Crippen molar-refractivity contribution < 1.29 is 40.7 Å². The molecule has 2 unspecified atom stereocenters. The third-order valence-corrected chi connectivity index (χ3v) is 8.86. The van der Waals surface area contributed by atoms with E-state index < -0.39 is 40.2 Å². The van der Waals surface area contributed by atoms with Crippen molar-refractivity contribution in [2.45, 2.75) is 69.8 Å². The van der Waals surface area contributed by atoms with Crippen LogP contribution in [-0.4, -0.2) is 85.7 Å². The number of amides is 2. The van der Waals surface area contributed by atoms with Gasteiger partial charge in [0.15, 0.2) is 9.84 Å². The molecule has 4 rings (SSSR count). The van der Waals surface area contributed by atoms with Gasteiger partial charge in [-0.15, -0.1) is 0 Å². The molecule has 2 heterocycles. The molecule has 3 aromatic rings. The third kappa shape index (κ3) is 9.33. The topological polar surface area (TPSA) is 132 Å². The zero-order chi connectivity index (χ0) is 35.4. The molecule has 1 saturated heterocycles. The van der Waals surface area contributed by atoms with Crippen molar-refractivity contribution in [2.75, 3.05) is 38.3 Å². The van der Waals surface area contributed by atoms with Crippen molar-refractivity contribution in [1.82, 2.24) is 19.8 Å². The number of imidazole rings is 1. The Morgan fingerprint density at radius 1 is 1.15 bits per heavy atom. The summed E-state index contributed by atoms with van der Waals surface area (Å²) in [5.74, 6) is 5.51. The normalized spacial score (nSPS) is 17.0. The van der Waals surface area contributed by atoms with E-state index in [4.69, 9.17) is 9.47 Å². The quantitative estimate of drug-likeness (QED) is 0.307. The summed E-state index contributed by atoms with van der Waals surface area (Å²) in [6, 6.07) is 7.01. The van der Waals surface area contributed by atoms with Crippen LogP contribution in [0, 0.1) is 17.8 Å². The number of alkyl halides is 3. The summed E-state index contributed by atoms with van der Waals surface area (Å²) in [5.41, 5.74) is 0.420. The minimum Gasteiger partial charge on any atom is -0.495 e. The Kier molecular flexibility index (Phi) is 10.9. The number of nitrogens with zero attached hydrogens (tertiary/aromatic N) is 3. The van der Waals surface area contributed by atoms with Crippen molar-refractivity contribution in [1.29, 1.82) is 0 Å². The fourth-order valence-electron chi connectivity index (χ4n) is 5.44. The lowest BCUT2D eigenvalue weighted by Crippen LogP contribution is -2.53. The Morgan fingerprint density at radius 3 is 2.50 bits per heavy atom. The first kappa shape index (κ1) is 36.4. The second-order valence-electron chi connectivity index (χ2n) is 12.6. The molecule has 2 atom stereocenters. The molecule has 0 bridgehead atoms. The number of aromatic nitrogens is 2. The molecule has 1 fully saturated rings. The monoisotopic (exact) mass is 691 g/mol. The van der Waals surface area contributed by atoms with Crippen LogP contribution < -0.4 is 15.4 Å². The predicted molar refractivity (Wildman–Crippen MR) is 175 cm³/mol. The molecule has 0 aliphatic carbocycles. The molecule has 1 aromatic heterocycles. The standard InChI is InChI=1S/C33H40F3N5O6S/c1-7-22-18-40(31(43)47-32(2,3)4)14-12-25(22)39-30(42)24-15-21(16-27-29(24)38-20-41(27)19-33(34,35)36)9-8-13-37-26-11-10-23(48(6,44)45)17-28(26)46-5/h10-11,15-17,20,22,25,37H,7,12-14,18-19H2,1-6H3,(H,39,42). The molecular weight excluding hydrogens is 651 g/mol. The number of carbonyl (C=O) groups is 2. The molecule has 0 spiro atoms. The molecule has 2 N–H and O–H groups in total. The summed E-state index contributed by atoms with van der Waals surface area (Å²) < 4.78 is 75.7. The SMILES string of the molecule is CCC1CN(C(=O)OC(C)(C)C)CCC1NC(=O)c1cc(C#CCNc2ccc(S(C)(=O)=O)cc2OC)cc2c1ncn2CC(F)(F)F. The Labute approximate surface area is 278 Å². The Balaban J connectivity index is 1.58. The summed E-state index contributed by atoms with van der Waals surface area (Å²) in [4.78, 5) is 32.3. The molecule has 260 valence electrons. The van der Waals surface area contributed by atoms with Gasteiger partial charge in [0.2, 0.25) is 0 Å². The van der Waals surface area contributed by atoms with Gasteiger partial charge in [-0.25, -0.2) is 18.2 Å². The number of methoxy groups -OCH3 is 1. The minimum atomic E-state index is -4.52. The van der Waals surface area contributed by atoms with Crippen molar-refractivity contribution in [2.24, 2.45) is 5.92 Å². The molecule has 2 amide bonds.